The van der Waals surface area contributed by atoms with Crippen LogP contribution in [0.5, 0.6) is 0 Å². The number of fused-ring (bicyclic) bond motifs is 11. The van der Waals surface area contributed by atoms with Gasteiger partial charge in [-0.25, -0.2) is 25.4 Å². The van der Waals surface area contributed by atoms with Crippen molar-refractivity contribution in [3.05, 3.63) is 59.7 Å². The lowest BCUT2D eigenvalue weighted by Gasteiger charge is -2.58. The summed E-state index contributed by atoms with van der Waals surface area (Å²) in [5, 5.41) is 0.144. The summed E-state index contributed by atoms with van der Waals surface area (Å²) in [6.07, 6.45) is -2.96. The summed E-state index contributed by atoms with van der Waals surface area (Å²) in [4.78, 5) is 61.4. The molecule has 0 N–H and O–H groups in total. The maximum Gasteiger partial charge on any atom is 0.262 e. The molecule has 0 saturated carbocycles. The largest absolute Gasteiger partial charge is 0.319 e. The van der Waals surface area contributed by atoms with Crippen molar-refractivity contribution in [3.8, 4) is 0 Å². The van der Waals surface area contributed by atoms with E-state index in [1.807, 2.05) is 38.1 Å². The van der Waals surface area contributed by atoms with E-state index in [-0.39, 0.29) is 47.2 Å². The quantitative estimate of drug-likeness (QED) is 0.223. The van der Waals surface area contributed by atoms with Crippen LogP contribution < -0.4 is 8.61 Å². The van der Waals surface area contributed by atoms with Crippen LogP contribution in [-0.4, -0.2) is 137 Å². The predicted molar refractivity (Wildman–Crippen MR) is 253 cm³/mol. The highest BCUT2D eigenvalue weighted by molar-refractivity contribution is 8.78. The SMILES string of the molecule is CC(C)SCCS(=O)(=O)N1c2ccccc2[C@@]2(C34C[C@@]56SS[C@@](C)(C(=O)N5[C@H]3N(S(=O)(=O)CC[Si](C)(C)C)c3ccccc34)N(C)C6=O)C[C@@]34SS[C@@](C)(C(=O)N3[C@@H]12)N(C)C4=O. The van der Waals surface area contributed by atoms with Crippen molar-refractivity contribution in [2.45, 2.75) is 114 Å². The van der Waals surface area contributed by atoms with Gasteiger partial charge in [-0.1, -0.05) is 113 Å². The summed E-state index contributed by atoms with van der Waals surface area (Å²) in [5.41, 5.74) is -1.46. The second-order valence-corrected chi connectivity index (χ2v) is 36.3. The molecular weight excluding hydrogens is 945 g/mol. The average Bonchev–Trinajstić information content (AvgIpc) is 3.88. The van der Waals surface area contributed by atoms with E-state index in [0.29, 0.717) is 28.5 Å². The second-order valence-electron chi connectivity index (χ2n) is 19.5. The van der Waals surface area contributed by atoms with Crippen LogP contribution in [-0.2, 0) is 50.1 Å². The Morgan fingerprint density at radius 1 is 0.661 bits per heavy atom. The standard InChI is InChI=1S/C40H50N6O8S7Si/c1-24(2)55-18-19-60(51,52)45-27-16-12-10-14-25(27)37(22-39-33(49)41(5)35(3,56-58-39)31(47)43(39)29(37)45)38-23-40-34(50)42(6)36(4,57-59-40)32(48)44(40)30(38)46(28-17-13-11-15-26(28)38)61(53,54)20-21-62(7,8)9/h10-17,24,29-30H,18-23H2,1-9H3/t29-,30-,35-,36-,37-,38?,39-,40-/m0/s1. The van der Waals surface area contributed by atoms with Crippen molar-refractivity contribution in [2.75, 3.05) is 40.0 Å². The molecule has 8 atom stereocenters. The van der Waals surface area contributed by atoms with Gasteiger partial charge >= 0.3 is 0 Å². The first-order valence-electron chi connectivity index (χ1n) is 20.7. The topological polar surface area (TPSA) is 156 Å². The molecule has 14 nitrogen and oxygen atoms in total. The molecule has 2 aromatic carbocycles. The molecule has 0 radical (unpaired) electrons. The number of hydrogen-bond donors (Lipinski definition) is 0. The van der Waals surface area contributed by atoms with Gasteiger partial charge in [-0.15, -0.1) is 0 Å². The highest BCUT2D eigenvalue weighted by atomic mass is 33.1. The first-order valence-corrected chi connectivity index (χ1v) is 32.9. The summed E-state index contributed by atoms with van der Waals surface area (Å²) in [5.74, 6) is -1.80. The number of thioether (sulfide) groups is 1. The van der Waals surface area contributed by atoms with Crippen LogP contribution in [0.3, 0.4) is 0 Å². The first-order chi connectivity index (χ1) is 28.8. The van der Waals surface area contributed by atoms with Gasteiger partial charge in [0.15, 0.2) is 19.5 Å². The van der Waals surface area contributed by atoms with E-state index in [9.17, 15) is 0 Å². The molecule has 0 aromatic heterocycles. The monoisotopic (exact) mass is 994 g/mol. The van der Waals surface area contributed by atoms with E-state index < -0.39 is 82.6 Å². The first kappa shape index (κ1) is 43.7. The average molecular weight is 995 g/mol. The number of amides is 4. The Labute approximate surface area is 384 Å². The maximum atomic E-state index is 15.5. The number of benzene rings is 2. The van der Waals surface area contributed by atoms with Gasteiger partial charge in [-0.3, -0.25) is 29.0 Å². The van der Waals surface area contributed by atoms with E-state index in [4.69, 9.17) is 0 Å². The number of para-hydroxylation sites is 2. The minimum absolute atomic E-state index is 0.108. The van der Waals surface area contributed by atoms with Crippen molar-refractivity contribution in [3.63, 3.8) is 0 Å². The Bertz CT molecular complexity index is 2640. The minimum Gasteiger partial charge on any atom is -0.319 e. The number of piperazine rings is 2. The Morgan fingerprint density at radius 2 is 1.06 bits per heavy atom. The van der Waals surface area contributed by atoms with Gasteiger partial charge in [0.2, 0.25) is 20.0 Å². The Hall–Kier alpha value is -2.21. The zero-order chi connectivity index (χ0) is 44.7. The smallest absolute Gasteiger partial charge is 0.262 e. The van der Waals surface area contributed by atoms with Crippen molar-refractivity contribution in [1.29, 1.82) is 0 Å². The van der Waals surface area contributed by atoms with Crippen molar-refractivity contribution in [2.24, 2.45) is 0 Å². The molecule has 8 fully saturated rings. The van der Waals surface area contributed by atoms with Crippen LogP contribution in [0.2, 0.25) is 25.7 Å². The molecular formula is C40H50N6O8S7Si. The zero-order valence-electron chi connectivity index (χ0n) is 35.9. The predicted octanol–water partition coefficient (Wildman–Crippen LogP) is 5.32. The molecule has 334 valence electrons. The highest BCUT2D eigenvalue weighted by Crippen LogP contribution is 2.80. The normalized spacial score (nSPS) is 36.8. The summed E-state index contributed by atoms with van der Waals surface area (Å²) < 4.78 is 64.6. The molecule has 0 aliphatic carbocycles. The Kier molecular flexibility index (Phi) is 9.32. The van der Waals surface area contributed by atoms with Gasteiger partial charge in [0.1, 0.15) is 12.3 Å². The molecule has 2 aromatic rings. The van der Waals surface area contributed by atoms with Gasteiger partial charge in [-0.2, -0.15) is 11.8 Å². The van der Waals surface area contributed by atoms with E-state index in [0.717, 1.165) is 0 Å². The van der Waals surface area contributed by atoms with Crippen molar-refractivity contribution >= 4 is 118 Å². The Morgan fingerprint density at radius 3 is 1.47 bits per heavy atom. The van der Waals surface area contributed by atoms with Crippen LogP contribution in [0, 0.1) is 0 Å². The fourth-order valence-electron chi connectivity index (χ4n) is 11.5. The molecule has 2 spiro atoms. The molecule has 62 heavy (non-hydrogen) atoms. The van der Waals surface area contributed by atoms with Gasteiger partial charge in [-0.05, 0) is 48.4 Å². The number of sulfonamides is 2. The van der Waals surface area contributed by atoms with Crippen LogP contribution in [0.15, 0.2) is 48.5 Å². The van der Waals surface area contributed by atoms with Crippen LogP contribution in [0.1, 0.15) is 51.7 Å². The lowest BCUT2D eigenvalue weighted by Crippen LogP contribution is -2.76. The zero-order valence-corrected chi connectivity index (χ0v) is 42.6. The lowest BCUT2D eigenvalue weighted by molar-refractivity contribution is -0.164. The number of hydrogen-bond acceptors (Lipinski definition) is 13. The third-order valence-corrected chi connectivity index (χ3v) is 29.0. The van der Waals surface area contributed by atoms with Crippen LogP contribution >= 0.6 is 54.9 Å². The molecule has 4 amide bonds. The third kappa shape index (κ3) is 5.01. The van der Waals surface area contributed by atoms with Crippen LogP contribution in [0.25, 0.3) is 0 Å². The summed E-state index contributed by atoms with van der Waals surface area (Å²) in [7, 11) is -2.33. The molecule has 10 aliphatic rings. The molecule has 4 bridgehead atoms. The summed E-state index contributed by atoms with van der Waals surface area (Å²) in [6.45, 7) is 13.7. The van der Waals surface area contributed by atoms with Gasteiger partial charge in [0.05, 0.1) is 33.7 Å². The molecule has 12 rings (SSSR count). The van der Waals surface area contributed by atoms with Crippen LogP contribution in [0.4, 0.5) is 11.4 Å². The summed E-state index contributed by atoms with van der Waals surface area (Å²) >= 11 is 1.50. The van der Waals surface area contributed by atoms with E-state index in [1.165, 1.54) is 83.1 Å². The number of nitrogens with zero attached hydrogens (tertiary/aromatic N) is 6. The fourth-order valence-corrected chi connectivity index (χ4v) is 26.2. The van der Waals surface area contributed by atoms with Crippen molar-refractivity contribution < 1.29 is 36.0 Å². The van der Waals surface area contributed by atoms with Crippen molar-refractivity contribution in [1.82, 2.24) is 19.6 Å². The maximum absolute atomic E-state index is 15.5. The Balaban J connectivity index is 1.34. The summed E-state index contributed by atoms with van der Waals surface area (Å²) in [6, 6.07) is 14.7. The lowest BCUT2D eigenvalue weighted by atomic mass is 9.54. The fraction of sp³-hybridized carbons (Fsp3) is 0.600. The van der Waals surface area contributed by atoms with E-state index in [2.05, 4.69) is 19.6 Å². The minimum atomic E-state index is -4.31. The molecule has 8 saturated heterocycles. The number of carbonyl (C=O) groups excluding carboxylic acids is 4. The number of carbonyl (C=O) groups is 4. The highest BCUT2D eigenvalue weighted by Gasteiger charge is 2.89. The number of anilines is 2. The third-order valence-electron chi connectivity index (χ3n) is 14.6. The molecule has 10 heterocycles. The molecule has 22 heteroatoms. The van der Waals surface area contributed by atoms with Gasteiger partial charge in [0.25, 0.3) is 23.6 Å². The van der Waals surface area contributed by atoms with E-state index in [1.54, 1.807) is 52.2 Å². The van der Waals surface area contributed by atoms with Gasteiger partial charge < -0.3 is 9.80 Å². The second kappa shape index (κ2) is 13.2. The van der Waals surface area contributed by atoms with Gasteiger partial charge in [0, 0.05) is 40.8 Å². The number of rotatable bonds is 10. The number of likely N-dealkylation sites (N-methyl/N-ethyl adjacent to an activating group) is 2. The van der Waals surface area contributed by atoms with E-state index >= 15 is 36.0 Å². The molecule has 1 unspecified atom stereocenters. The molecule has 10 aliphatic heterocycles.